The summed E-state index contributed by atoms with van der Waals surface area (Å²) in [5.41, 5.74) is 3.48. The number of aromatic nitrogens is 1. The summed E-state index contributed by atoms with van der Waals surface area (Å²) < 4.78 is 39.1. The molecule has 1 aromatic heterocycles. The number of nitrogens with zero attached hydrogens (tertiary/aromatic N) is 2. The Balaban J connectivity index is 1.64. The van der Waals surface area contributed by atoms with Crippen molar-refractivity contribution in [1.82, 2.24) is 9.88 Å². The molecule has 0 aliphatic heterocycles. The second kappa shape index (κ2) is 9.55. The molecule has 160 valence electrons. The molecular weight excluding hydrogens is 415 g/mol. The number of fused-ring (bicyclic) bond motifs is 1. The van der Waals surface area contributed by atoms with E-state index in [1.807, 2.05) is 31.2 Å². The highest BCUT2D eigenvalue weighted by molar-refractivity contribution is 7.21. The normalized spacial score (nSPS) is 11.9. The highest BCUT2D eigenvalue weighted by atomic mass is 32.1. The quantitative estimate of drug-likeness (QED) is 0.546. The number of aryl methyl sites for hydroxylation is 1. The number of benzene rings is 2. The SMILES string of the molecule is Cc1ccc2nc(-c3ccc(NC(=O)CN(CCCO)CC(F)(F)F)cc3)sc2c1. The minimum Gasteiger partial charge on any atom is -0.396 e. The fourth-order valence-electron chi connectivity index (χ4n) is 3.02. The smallest absolute Gasteiger partial charge is 0.396 e. The van der Waals surface area contributed by atoms with Crippen LogP contribution in [0.15, 0.2) is 42.5 Å². The molecule has 2 aromatic carbocycles. The number of aliphatic hydroxyl groups excluding tert-OH is 1. The van der Waals surface area contributed by atoms with Crippen molar-refractivity contribution in [3.05, 3.63) is 48.0 Å². The van der Waals surface area contributed by atoms with Crippen LogP contribution in [0.5, 0.6) is 0 Å². The Morgan fingerprint density at radius 1 is 1.20 bits per heavy atom. The molecule has 2 N–H and O–H groups in total. The zero-order valence-electron chi connectivity index (χ0n) is 16.4. The minimum atomic E-state index is -4.41. The Morgan fingerprint density at radius 2 is 1.93 bits per heavy atom. The number of halogens is 3. The van der Waals surface area contributed by atoms with Crippen LogP contribution in [0.2, 0.25) is 0 Å². The van der Waals surface area contributed by atoms with Gasteiger partial charge in [-0.3, -0.25) is 9.69 Å². The van der Waals surface area contributed by atoms with E-state index < -0.39 is 25.2 Å². The van der Waals surface area contributed by atoms with Crippen LogP contribution in [0, 0.1) is 6.92 Å². The van der Waals surface area contributed by atoms with Gasteiger partial charge in [-0.1, -0.05) is 6.07 Å². The molecule has 1 amide bonds. The first kappa shape index (κ1) is 22.2. The first-order valence-corrected chi connectivity index (χ1v) is 10.2. The molecule has 0 unspecified atom stereocenters. The lowest BCUT2D eigenvalue weighted by Crippen LogP contribution is -2.40. The monoisotopic (exact) mass is 437 g/mol. The van der Waals surface area contributed by atoms with Crippen molar-refractivity contribution < 1.29 is 23.1 Å². The molecular formula is C21H22F3N3O2S. The van der Waals surface area contributed by atoms with Crippen LogP contribution in [0.4, 0.5) is 18.9 Å². The number of alkyl halides is 3. The summed E-state index contributed by atoms with van der Waals surface area (Å²) in [6.45, 7) is 0.174. The molecule has 30 heavy (non-hydrogen) atoms. The topological polar surface area (TPSA) is 65.5 Å². The molecule has 3 aromatic rings. The molecule has 0 saturated carbocycles. The molecule has 1 heterocycles. The van der Waals surface area contributed by atoms with E-state index in [1.165, 1.54) is 0 Å². The molecule has 0 spiro atoms. The van der Waals surface area contributed by atoms with E-state index in [0.717, 1.165) is 31.3 Å². The first-order chi connectivity index (χ1) is 14.2. The van der Waals surface area contributed by atoms with Crippen molar-refractivity contribution >= 4 is 33.1 Å². The summed E-state index contributed by atoms with van der Waals surface area (Å²) in [7, 11) is 0. The zero-order valence-corrected chi connectivity index (χ0v) is 17.2. The van der Waals surface area contributed by atoms with Gasteiger partial charge in [0, 0.05) is 24.4 Å². The predicted octanol–water partition coefficient (Wildman–Crippen LogP) is 4.46. The highest BCUT2D eigenvalue weighted by Gasteiger charge is 2.31. The number of carbonyl (C=O) groups excluding carboxylic acids is 1. The third-order valence-electron chi connectivity index (χ3n) is 4.36. The molecule has 0 radical (unpaired) electrons. The first-order valence-electron chi connectivity index (χ1n) is 9.41. The van der Waals surface area contributed by atoms with E-state index in [4.69, 9.17) is 5.11 Å². The van der Waals surface area contributed by atoms with Gasteiger partial charge in [0.25, 0.3) is 0 Å². The van der Waals surface area contributed by atoms with Crippen molar-refractivity contribution in [2.24, 2.45) is 0 Å². The summed E-state index contributed by atoms with van der Waals surface area (Å²) in [5.74, 6) is -0.541. The third-order valence-corrected chi connectivity index (χ3v) is 5.43. The van der Waals surface area contributed by atoms with Crippen molar-refractivity contribution in [3.8, 4) is 10.6 Å². The van der Waals surface area contributed by atoms with E-state index in [1.54, 1.807) is 23.5 Å². The molecule has 0 atom stereocenters. The molecule has 0 saturated heterocycles. The second-order valence-corrected chi connectivity index (χ2v) is 8.05. The number of aliphatic hydroxyl groups is 1. The molecule has 9 heteroatoms. The number of amides is 1. The van der Waals surface area contributed by atoms with Gasteiger partial charge in [-0.05, 0) is 55.3 Å². The Bertz CT molecular complexity index is 1000. The van der Waals surface area contributed by atoms with Crippen LogP contribution in [0.1, 0.15) is 12.0 Å². The van der Waals surface area contributed by atoms with Crippen molar-refractivity contribution in [1.29, 1.82) is 0 Å². The van der Waals surface area contributed by atoms with Crippen LogP contribution in [0.25, 0.3) is 20.8 Å². The maximum absolute atomic E-state index is 12.7. The molecule has 3 rings (SSSR count). The van der Waals surface area contributed by atoms with Gasteiger partial charge in [0.15, 0.2) is 0 Å². The number of carbonyl (C=O) groups is 1. The van der Waals surface area contributed by atoms with Gasteiger partial charge in [0.1, 0.15) is 5.01 Å². The number of hydrogen-bond acceptors (Lipinski definition) is 5. The summed E-state index contributed by atoms with van der Waals surface area (Å²) >= 11 is 1.57. The Morgan fingerprint density at radius 3 is 2.60 bits per heavy atom. The maximum Gasteiger partial charge on any atom is 0.401 e. The van der Waals surface area contributed by atoms with Gasteiger partial charge >= 0.3 is 6.18 Å². The minimum absolute atomic E-state index is 0.0144. The van der Waals surface area contributed by atoms with Crippen LogP contribution >= 0.6 is 11.3 Å². The van der Waals surface area contributed by atoms with Crippen molar-refractivity contribution in [3.63, 3.8) is 0 Å². The summed E-state index contributed by atoms with van der Waals surface area (Å²) in [6.07, 6.45) is -4.24. The van der Waals surface area contributed by atoms with Gasteiger partial charge in [-0.2, -0.15) is 13.2 Å². The van der Waals surface area contributed by atoms with E-state index in [2.05, 4.69) is 16.4 Å². The van der Waals surface area contributed by atoms with Crippen LogP contribution in [-0.4, -0.2) is 53.3 Å². The average molecular weight is 437 g/mol. The summed E-state index contributed by atoms with van der Waals surface area (Å²) in [5, 5.41) is 12.3. The Kier molecular flexibility index (Phi) is 7.06. The lowest BCUT2D eigenvalue weighted by Gasteiger charge is -2.22. The number of rotatable bonds is 8. The van der Waals surface area contributed by atoms with E-state index >= 15 is 0 Å². The fourth-order valence-corrected chi connectivity index (χ4v) is 4.09. The molecule has 0 aliphatic carbocycles. The Hall–Kier alpha value is -2.49. The average Bonchev–Trinajstić information content (AvgIpc) is 3.08. The lowest BCUT2D eigenvalue weighted by atomic mass is 10.2. The zero-order chi connectivity index (χ0) is 21.7. The predicted molar refractivity (Wildman–Crippen MR) is 113 cm³/mol. The van der Waals surface area contributed by atoms with Gasteiger partial charge in [0.05, 0.1) is 23.3 Å². The van der Waals surface area contributed by atoms with E-state index in [-0.39, 0.29) is 19.6 Å². The van der Waals surface area contributed by atoms with E-state index in [9.17, 15) is 18.0 Å². The highest BCUT2D eigenvalue weighted by Crippen LogP contribution is 2.31. The number of nitrogens with one attached hydrogen (secondary N) is 1. The molecule has 0 aliphatic rings. The number of thiazole rings is 1. The van der Waals surface area contributed by atoms with Crippen LogP contribution < -0.4 is 5.32 Å². The van der Waals surface area contributed by atoms with Crippen LogP contribution in [-0.2, 0) is 4.79 Å². The largest absolute Gasteiger partial charge is 0.401 e. The molecule has 0 bridgehead atoms. The van der Waals surface area contributed by atoms with E-state index in [0.29, 0.717) is 5.69 Å². The standard InChI is InChI=1S/C21H22F3N3O2S/c1-14-3-8-17-18(11-14)30-20(26-17)15-4-6-16(7-5-15)25-19(29)12-27(9-2-10-28)13-21(22,23)24/h3-8,11,28H,2,9-10,12-13H2,1H3,(H,25,29). The maximum atomic E-state index is 12.7. The Labute approximate surface area is 176 Å². The van der Waals surface area contributed by atoms with Gasteiger partial charge < -0.3 is 10.4 Å². The summed E-state index contributed by atoms with van der Waals surface area (Å²) in [6, 6.07) is 13.1. The second-order valence-electron chi connectivity index (χ2n) is 7.02. The van der Waals surface area contributed by atoms with Crippen LogP contribution in [0.3, 0.4) is 0 Å². The molecule has 5 nitrogen and oxygen atoms in total. The number of hydrogen-bond donors (Lipinski definition) is 2. The summed E-state index contributed by atoms with van der Waals surface area (Å²) in [4.78, 5) is 17.8. The lowest BCUT2D eigenvalue weighted by molar-refractivity contribution is -0.148. The van der Waals surface area contributed by atoms with Gasteiger partial charge in [-0.25, -0.2) is 4.98 Å². The molecule has 0 fully saturated rings. The number of anilines is 1. The third kappa shape index (κ3) is 6.25. The van der Waals surface area contributed by atoms with Crippen molar-refractivity contribution in [2.75, 3.05) is 31.6 Å². The van der Waals surface area contributed by atoms with Crippen molar-refractivity contribution in [2.45, 2.75) is 19.5 Å². The van der Waals surface area contributed by atoms with Gasteiger partial charge in [-0.15, -0.1) is 11.3 Å². The fraction of sp³-hybridized carbons (Fsp3) is 0.333. The van der Waals surface area contributed by atoms with Gasteiger partial charge in [0.2, 0.25) is 5.91 Å².